The Morgan fingerprint density at radius 3 is 1.43 bits per heavy atom. The van der Waals surface area contributed by atoms with E-state index in [1.165, 1.54) is 60.8 Å². The molecule has 10 aromatic rings. The SMILES string of the molecule is c1ccc(-c2ccc(Nc3ccc(-c4cccc5c6ccccc6n(-c6cc(-c7ccccc7)cc(-c7ccccc7)c6)c45)cc3-c3ccccc3)cc2)cc1. The maximum absolute atomic E-state index is 3.76. The fourth-order valence-electron chi connectivity index (χ4n) is 8.06. The predicted molar refractivity (Wildman–Crippen MR) is 238 cm³/mol. The van der Waals surface area contributed by atoms with Gasteiger partial charge in [-0.2, -0.15) is 0 Å². The predicted octanol–water partition coefficient (Wildman–Crippen LogP) is 14.9. The first kappa shape index (κ1) is 33.2. The standard InChI is InChI=1S/C54H38N2/c1-5-16-38(17-6-1)41-28-31-46(32-29-41)55-52-33-30-43(37-51(52)42-22-11-4-12-23-42)48-25-15-26-50-49-24-13-14-27-53(49)56(54(48)50)47-35-44(39-18-7-2-8-19-39)34-45(36-47)40-20-9-3-10-21-40/h1-37,55H. The number of benzene rings is 9. The lowest BCUT2D eigenvalue weighted by Crippen LogP contribution is -1.98. The molecule has 0 spiro atoms. The number of nitrogens with zero attached hydrogens (tertiary/aromatic N) is 1. The molecule has 9 aromatic carbocycles. The molecular weight excluding hydrogens is 677 g/mol. The maximum Gasteiger partial charge on any atom is 0.0619 e. The average molecular weight is 715 g/mol. The zero-order chi connectivity index (χ0) is 37.3. The Labute approximate surface area is 327 Å². The van der Waals surface area contributed by atoms with Crippen LogP contribution in [0.1, 0.15) is 0 Å². The lowest BCUT2D eigenvalue weighted by Gasteiger charge is -2.17. The van der Waals surface area contributed by atoms with Crippen molar-refractivity contribution in [2.24, 2.45) is 0 Å². The number of aromatic nitrogens is 1. The average Bonchev–Trinajstić information content (AvgIpc) is 3.63. The van der Waals surface area contributed by atoms with E-state index in [4.69, 9.17) is 0 Å². The van der Waals surface area contributed by atoms with E-state index in [9.17, 15) is 0 Å². The monoisotopic (exact) mass is 714 g/mol. The minimum Gasteiger partial charge on any atom is -0.355 e. The smallest absolute Gasteiger partial charge is 0.0619 e. The molecule has 0 saturated carbocycles. The summed E-state index contributed by atoms with van der Waals surface area (Å²) in [4.78, 5) is 0. The summed E-state index contributed by atoms with van der Waals surface area (Å²) in [5, 5.41) is 6.22. The van der Waals surface area contributed by atoms with Crippen LogP contribution in [-0.2, 0) is 0 Å². The second kappa shape index (κ2) is 14.4. The van der Waals surface area contributed by atoms with Gasteiger partial charge in [0.1, 0.15) is 0 Å². The number of nitrogens with one attached hydrogen (secondary N) is 1. The molecule has 0 atom stereocenters. The van der Waals surface area contributed by atoms with Gasteiger partial charge in [-0.1, -0.05) is 176 Å². The number of hydrogen-bond acceptors (Lipinski definition) is 1. The minimum absolute atomic E-state index is 1.05. The molecule has 1 N–H and O–H groups in total. The molecule has 0 amide bonds. The summed E-state index contributed by atoms with van der Waals surface area (Å²) >= 11 is 0. The van der Waals surface area contributed by atoms with E-state index in [2.05, 4.69) is 234 Å². The fourth-order valence-corrected chi connectivity index (χ4v) is 8.06. The number of fused-ring (bicyclic) bond motifs is 3. The number of rotatable bonds is 8. The maximum atomic E-state index is 3.76. The molecular formula is C54H38N2. The highest BCUT2D eigenvalue weighted by Crippen LogP contribution is 2.42. The Morgan fingerprint density at radius 1 is 0.304 bits per heavy atom. The molecule has 0 saturated heterocycles. The van der Waals surface area contributed by atoms with Crippen LogP contribution in [0.5, 0.6) is 0 Å². The van der Waals surface area contributed by atoms with E-state index in [0.717, 1.165) is 33.8 Å². The molecule has 0 aliphatic rings. The number of anilines is 2. The van der Waals surface area contributed by atoms with Gasteiger partial charge in [0.2, 0.25) is 0 Å². The van der Waals surface area contributed by atoms with Crippen molar-refractivity contribution >= 4 is 33.2 Å². The first-order valence-electron chi connectivity index (χ1n) is 19.2. The second-order valence-electron chi connectivity index (χ2n) is 14.2. The quantitative estimate of drug-likeness (QED) is 0.166. The lowest BCUT2D eigenvalue weighted by atomic mass is 9.95. The van der Waals surface area contributed by atoms with Gasteiger partial charge in [-0.15, -0.1) is 0 Å². The highest BCUT2D eigenvalue weighted by atomic mass is 15.0. The van der Waals surface area contributed by atoms with Crippen LogP contribution < -0.4 is 5.32 Å². The Balaban J connectivity index is 1.15. The third kappa shape index (κ3) is 6.24. The van der Waals surface area contributed by atoms with Crippen LogP contribution in [0.2, 0.25) is 0 Å². The molecule has 56 heavy (non-hydrogen) atoms. The van der Waals surface area contributed by atoms with Crippen molar-refractivity contribution in [1.82, 2.24) is 4.57 Å². The van der Waals surface area contributed by atoms with Crippen molar-refractivity contribution in [1.29, 1.82) is 0 Å². The van der Waals surface area contributed by atoms with Crippen LogP contribution in [0.3, 0.4) is 0 Å². The van der Waals surface area contributed by atoms with Crippen molar-refractivity contribution < 1.29 is 0 Å². The zero-order valence-electron chi connectivity index (χ0n) is 30.8. The summed E-state index contributed by atoms with van der Waals surface area (Å²) in [6.07, 6.45) is 0. The Hall–Kier alpha value is -7.42. The summed E-state index contributed by atoms with van der Waals surface area (Å²) < 4.78 is 2.47. The number of hydrogen-bond donors (Lipinski definition) is 1. The highest BCUT2D eigenvalue weighted by Gasteiger charge is 2.19. The van der Waals surface area contributed by atoms with Crippen LogP contribution in [0, 0.1) is 0 Å². The summed E-state index contributed by atoms with van der Waals surface area (Å²) in [5.41, 5.74) is 17.4. The molecule has 0 bridgehead atoms. The Bertz CT molecular complexity index is 2890. The summed E-state index contributed by atoms with van der Waals surface area (Å²) in [6, 6.07) is 80.7. The summed E-state index contributed by atoms with van der Waals surface area (Å²) in [6.45, 7) is 0. The van der Waals surface area contributed by atoms with Crippen molar-refractivity contribution in [2.75, 3.05) is 5.32 Å². The zero-order valence-corrected chi connectivity index (χ0v) is 30.8. The number of para-hydroxylation sites is 2. The first-order chi connectivity index (χ1) is 27.8. The third-order valence-corrected chi connectivity index (χ3v) is 10.8. The Kier molecular flexibility index (Phi) is 8.55. The molecule has 0 radical (unpaired) electrons. The van der Waals surface area contributed by atoms with Crippen LogP contribution in [0.4, 0.5) is 11.4 Å². The van der Waals surface area contributed by atoms with E-state index in [1.807, 2.05) is 0 Å². The molecule has 0 aliphatic heterocycles. The van der Waals surface area contributed by atoms with E-state index >= 15 is 0 Å². The van der Waals surface area contributed by atoms with Crippen molar-refractivity contribution in [2.45, 2.75) is 0 Å². The second-order valence-corrected chi connectivity index (χ2v) is 14.2. The van der Waals surface area contributed by atoms with Crippen LogP contribution in [-0.4, -0.2) is 4.57 Å². The van der Waals surface area contributed by atoms with Gasteiger partial charge in [-0.05, 0) is 93.0 Å². The highest BCUT2D eigenvalue weighted by molar-refractivity contribution is 6.14. The Morgan fingerprint density at radius 2 is 0.804 bits per heavy atom. The van der Waals surface area contributed by atoms with Gasteiger partial charge in [-0.25, -0.2) is 0 Å². The first-order valence-corrected chi connectivity index (χ1v) is 19.2. The topological polar surface area (TPSA) is 17.0 Å². The van der Waals surface area contributed by atoms with Gasteiger partial charge in [-0.3, -0.25) is 0 Å². The normalized spacial score (nSPS) is 11.2. The fraction of sp³-hybridized carbons (Fsp3) is 0. The van der Waals surface area contributed by atoms with Gasteiger partial charge in [0.05, 0.1) is 11.0 Å². The molecule has 0 aliphatic carbocycles. The molecule has 0 unspecified atom stereocenters. The van der Waals surface area contributed by atoms with Crippen LogP contribution in [0.15, 0.2) is 224 Å². The van der Waals surface area contributed by atoms with Gasteiger partial charge in [0, 0.05) is 39.0 Å². The van der Waals surface area contributed by atoms with Crippen molar-refractivity contribution in [3.63, 3.8) is 0 Å². The molecule has 10 rings (SSSR count). The van der Waals surface area contributed by atoms with Crippen LogP contribution in [0.25, 0.3) is 83.1 Å². The van der Waals surface area contributed by atoms with E-state index in [1.54, 1.807) is 0 Å². The van der Waals surface area contributed by atoms with E-state index in [-0.39, 0.29) is 0 Å². The molecule has 2 nitrogen and oxygen atoms in total. The lowest BCUT2D eigenvalue weighted by molar-refractivity contribution is 1.18. The molecule has 2 heteroatoms. The largest absolute Gasteiger partial charge is 0.355 e. The van der Waals surface area contributed by atoms with E-state index < -0.39 is 0 Å². The third-order valence-electron chi connectivity index (χ3n) is 10.8. The van der Waals surface area contributed by atoms with Crippen molar-refractivity contribution in [3.8, 4) is 61.3 Å². The van der Waals surface area contributed by atoms with E-state index in [0.29, 0.717) is 0 Å². The molecule has 1 heterocycles. The van der Waals surface area contributed by atoms with Crippen LogP contribution >= 0.6 is 0 Å². The minimum atomic E-state index is 1.05. The van der Waals surface area contributed by atoms with Gasteiger partial charge < -0.3 is 9.88 Å². The molecule has 264 valence electrons. The van der Waals surface area contributed by atoms with Crippen molar-refractivity contribution in [3.05, 3.63) is 224 Å². The summed E-state index contributed by atoms with van der Waals surface area (Å²) in [7, 11) is 0. The van der Waals surface area contributed by atoms with Gasteiger partial charge >= 0.3 is 0 Å². The molecule has 1 aromatic heterocycles. The molecule has 0 fully saturated rings. The summed E-state index contributed by atoms with van der Waals surface area (Å²) in [5.74, 6) is 0. The van der Waals surface area contributed by atoms with Gasteiger partial charge in [0.15, 0.2) is 0 Å². The van der Waals surface area contributed by atoms with Gasteiger partial charge in [0.25, 0.3) is 0 Å².